The third-order valence-electron chi connectivity index (χ3n) is 16.3. The Morgan fingerprint density at radius 3 is 1.12 bits per heavy atom. The van der Waals surface area contributed by atoms with Crippen molar-refractivity contribution in [1.82, 2.24) is 0 Å². The van der Waals surface area contributed by atoms with Gasteiger partial charge < -0.3 is 9.80 Å². The lowest BCUT2D eigenvalue weighted by molar-refractivity contribution is 0.631. The van der Waals surface area contributed by atoms with Gasteiger partial charge in [0.15, 0.2) is 0 Å². The zero-order valence-electron chi connectivity index (χ0n) is 41.6. The number of fused-ring (bicyclic) bond motifs is 6. The fourth-order valence-corrected chi connectivity index (χ4v) is 12.8. The number of halogens is 2. The summed E-state index contributed by atoms with van der Waals surface area (Å²) in [6, 6.07) is 79.6. The van der Waals surface area contributed by atoms with Crippen molar-refractivity contribution in [1.29, 1.82) is 0 Å². The molecule has 0 saturated heterocycles. The number of hydrogen-bond acceptors (Lipinski definition) is 2. The van der Waals surface area contributed by atoms with Gasteiger partial charge in [-0.25, -0.2) is 8.78 Å². The number of hydrogen-bond donors (Lipinski definition) is 0. The third kappa shape index (κ3) is 6.40. The van der Waals surface area contributed by atoms with Crippen LogP contribution in [0.15, 0.2) is 231 Å². The molecule has 14 rings (SSSR count). The molecule has 354 valence electrons. The molecule has 0 atom stereocenters. The van der Waals surface area contributed by atoms with Crippen LogP contribution in [0.5, 0.6) is 0 Å². The van der Waals surface area contributed by atoms with E-state index >= 15 is 8.78 Å². The summed E-state index contributed by atoms with van der Waals surface area (Å²) < 4.78 is 32.4. The molecular weight excluding hydrogens is 907 g/mol. The van der Waals surface area contributed by atoms with Crippen LogP contribution >= 0.6 is 0 Å². The quantitative estimate of drug-likeness (QED) is 0.140. The first-order valence-electron chi connectivity index (χ1n) is 25.6. The molecule has 2 aliphatic carbocycles. The second-order valence-corrected chi connectivity index (χ2v) is 21.1. The van der Waals surface area contributed by atoms with Gasteiger partial charge in [-0.2, -0.15) is 0 Å². The molecule has 0 N–H and O–H groups in total. The summed E-state index contributed by atoms with van der Waals surface area (Å²) in [5.41, 5.74) is 17.8. The highest BCUT2D eigenvalue weighted by atomic mass is 19.1. The van der Waals surface area contributed by atoms with Gasteiger partial charge in [-0.05, 0) is 127 Å². The minimum atomic E-state index is -0.273. The highest BCUT2D eigenvalue weighted by Gasteiger charge is 2.40. The van der Waals surface area contributed by atoms with E-state index < -0.39 is 0 Å². The average Bonchev–Trinajstić information content (AvgIpc) is 3.84. The molecule has 0 bridgehead atoms. The van der Waals surface area contributed by atoms with Crippen LogP contribution in [0, 0.1) is 11.6 Å². The molecule has 0 unspecified atom stereocenters. The van der Waals surface area contributed by atoms with Crippen LogP contribution in [0.4, 0.5) is 42.9 Å². The second kappa shape index (κ2) is 16.3. The Morgan fingerprint density at radius 1 is 0.311 bits per heavy atom. The molecule has 0 fully saturated rings. The Labute approximate surface area is 430 Å². The average molecular weight is 957 g/mol. The van der Waals surface area contributed by atoms with Crippen molar-refractivity contribution >= 4 is 66.4 Å². The molecule has 12 aromatic rings. The molecule has 0 heterocycles. The molecule has 4 heteroatoms. The fraction of sp³-hybridized carbons (Fsp3) is 0.0857. The van der Waals surface area contributed by atoms with Crippen LogP contribution in [-0.2, 0) is 10.8 Å². The molecule has 0 aliphatic heterocycles. The van der Waals surface area contributed by atoms with E-state index in [1.165, 1.54) is 44.5 Å². The maximum atomic E-state index is 16.2. The molecule has 0 radical (unpaired) electrons. The Hall–Kier alpha value is -8.86. The van der Waals surface area contributed by atoms with Gasteiger partial charge >= 0.3 is 0 Å². The SMILES string of the molecule is CC1(C)c2ccccc2-c2c(N(c3ccc(F)c(-c4ccccc4)c3)c3ccc4ccc5c(N(c6ccc(F)c(-c7ccccc7)c6)c6cccc7c6-c6ccccc6C7(C)C)ccc6ccc3c4c65)cccc21. The predicted octanol–water partition coefficient (Wildman–Crippen LogP) is 19.7. The van der Waals surface area contributed by atoms with Gasteiger partial charge in [-0.1, -0.05) is 198 Å². The largest absolute Gasteiger partial charge is 0.309 e. The minimum Gasteiger partial charge on any atom is -0.309 e. The normalized spacial score (nSPS) is 13.8. The van der Waals surface area contributed by atoms with Gasteiger partial charge in [0, 0.05) is 55.2 Å². The number of rotatable bonds is 8. The van der Waals surface area contributed by atoms with Gasteiger partial charge in [0.2, 0.25) is 0 Å². The molecule has 74 heavy (non-hydrogen) atoms. The predicted molar refractivity (Wildman–Crippen MR) is 305 cm³/mol. The van der Waals surface area contributed by atoms with E-state index in [4.69, 9.17) is 0 Å². The van der Waals surface area contributed by atoms with Crippen molar-refractivity contribution in [3.63, 3.8) is 0 Å². The molecule has 2 aliphatic rings. The fourth-order valence-electron chi connectivity index (χ4n) is 12.8. The Balaban J connectivity index is 1.05. The van der Waals surface area contributed by atoms with E-state index in [-0.39, 0.29) is 22.5 Å². The molecule has 0 amide bonds. The van der Waals surface area contributed by atoms with Gasteiger partial charge in [-0.15, -0.1) is 0 Å². The van der Waals surface area contributed by atoms with E-state index in [1.54, 1.807) is 12.1 Å². The molecule has 2 nitrogen and oxygen atoms in total. The summed E-state index contributed by atoms with van der Waals surface area (Å²) >= 11 is 0. The molecule has 12 aromatic carbocycles. The number of benzene rings is 12. The van der Waals surface area contributed by atoms with Crippen LogP contribution in [0.3, 0.4) is 0 Å². The summed E-state index contributed by atoms with van der Waals surface area (Å²) in [7, 11) is 0. The summed E-state index contributed by atoms with van der Waals surface area (Å²) in [4.78, 5) is 4.72. The topological polar surface area (TPSA) is 6.48 Å². The van der Waals surface area contributed by atoms with Gasteiger partial charge in [-0.3, -0.25) is 0 Å². The van der Waals surface area contributed by atoms with Crippen molar-refractivity contribution in [2.45, 2.75) is 38.5 Å². The highest BCUT2D eigenvalue weighted by molar-refractivity contribution is 6.28. The molecule has 0 spiro atoms. The van der Waals surface area contributed by atoms with Crippen LogP contribution in [-0.4, -0.2) is 0 Å². The zero-order valence-corrected chi connectivity index (χ0v) is 41.6. The standard InChI is InChI=1S/C70H50F2N2/c1-69(2)55-23-13-11-21-49(55)67-57(69)25-15-27-63(67)73(47-33-37-59(71)53(41-47)43-17-7-5-8-18-43)61-39-31-45-30-36-52-62(40-32-46-29-35-51(61)65(45)66(46)52)74(48-34-38-60(72)54(42-48)44-19-9-6-10-20-44)64-28-16-26-58-68(64)50-22-12-14-24-56(50)70(58,3)4/h5-42H,1-4H3. The van der Waals surface area contributed by atoms with Crippen LogP contribution in [0.1, 0.15) is 49.9 Å². The molecule has 0 saturated carbocycles. The van der Waals surface area contributed by atoms with Crippen molar-refractivity contribution in [3.05, 3.63) is 264 Å². The lowest BCUT2D eigenvalue weighted by Crippen LogP contribution is -2.16. The summed E-state index contributed by atoms with van der Waals surface area (Å²) in [5.74, 6) is -0.546. The highest BCUT2D eigenvalue weighted by Crippen LogP contribution is 2.58. The van der Waals surface area contributed by atoms with Crippen LogP contribution in [0.25, 0.3) is 76.8 Å². The van der Waals surface area contributed by atoms with Gasteiger partial charge in [0.05, 0.1) is 22.7 Å². The zero-order chi connectivity index (χ0) is 50.0. The van der Waals surface area contributed by atoms with Crippen molar-refractivity contribution < 1.29 is 8.78 Å². The summed E-state index contributed by atoms with van der Waals surface area (Å²) in [6.45, 7) is 9.25. The monoisotopic (exact) mass is 956 g/mol. The third-order valence-corrected chi connectivity index (χ3v) is 16.3. The summed E-state index contributed by atoms with van der Waals surface area (Å²) in [5, 5.41) is 6.64. The van der Waals surface area contributed by atoms with E-state index in [1.807, 2.05) is 84.9 Å². The Bertz CT molecular complexity index is 3960. The Morgan fingerprint density at radius 2 is 0.689 bits per heavy atom. The first-order valence-corrected chi connectivity index (χ1v) is 25.6. The van der Waals surface area contributed by atoms with Gasteiger partial charge in [0.25, 0.3) is 0 Å². The first-order chi connectivity index (χ1) is 36.1. The minimum absolute atomic E-state index is 0.236. The second-order valence-electron chi connectivity index (χ2n) is 21.1. The number of anilines is 6. The lowest BCUT2D eigenvalue weighted by Gasteiger charge is -2.32. The maximum Gasteiger partial charge on any atom is 0.131 e. The van der Waals surface area contributed by atoms with Crippen LogP contribution in [0.2, 0.25) is 0 Å². The smallest absolute Gasteiger partial charge is 0.131 e. The van der Waals surface area contributed by atoms with E-state index in [2.05, 4.69) is 171 Å². The molecule has 0 aromatic heterocycles. The van der Waals surface area contributed by atoms with Crippen molar-refractivity contribution in [3.8, 4) is 44.5 Å². The van der Waals surface area contributed by atoms with Crippen molar-refractivity contribution in [2.24, 2.45) is 0 Å². The number of nitrogens with zero attached hydrogens (tertiary/aromatic N) is 2. The van der Waals surface area contributed by atoms with E-state index in [0.29, 0.717) is 11.1 Å². The van der Waals surface area contributed by atoms with E-state index in [0.717, 1.165) is 77.6 Å². The maximum absolute atomic E-state index is 16.2. The van der Waals surface area contributed by atoms with Crippen LogP contribution < -0.4 is 9.80 Å². The van der Waals surface area contributed by atoms with E-state index in [9.17, 15) is 0 Å². The summed E-state index contributed by atoms with van der Waals surface area (Å²) in [6.07, 6.45) is 0. The Kier molecular flexibility index (Phi) is 9.68. The lowest BCUT2D eigenvalue weighted by atomic mass is 9.82. The van der Waals surface area contributed by atoms with Crippen molar-refractivity contribution in [2.75, 3.05) is 9.80 Å². The first kappa shape index (κ1) is 43.9. The van der Waals surface area contributed by atoms with Gasteiger partial charge in [0.1, 0.15) is 11.6 Å². The molecular formula is C70H50F2N2.